The maximum Gasteiger partial charge on any atom is 0.407 e. The van der Waals surface area contributed by atoms with E-state index < -0.39 is 41.8 Å². The molecule has 2 aliphatic heterocycles. The number of ether oxygens (including phenoxy) is 1. The van der Waals surface area contributed by atoms with Crippen LogP contribution >= 0.6 is 23.2 Å². The summed E-state index contributed by atoms with van der Waals surface area (Å²) >= 11 is 12.0. The first-order valence-electron chi connectivity index (χ1n) is 9.69. The first-order chi connectivity index (χ1) is 15.8. The molecule has 2 aliphatic rings. The first kappa shape index (κ1) is 25.1. The lowest BCUT2D eigenvalue weighted by molar-refractivity contribution is -0.385. The van der Waals surface area contributed by atoms with Gasteiger partial charge in [0.15, 0.2) is 0 Å². The third kappa shape index (κ3) is 4.72. The van der Waals surface area contributed by atoms with Crippen LogP contribution in [0.4, 0.5) is 5.69 Å². The molecule has 0 saturated carbocycles. The van der Waals surface area contributed by atoms with Crippen molar-refractivity contribution in [1.82, 2.24) is 9.21 Å². The molecule has 4 rings (SSSR count). The summed E-state index contributed by atoms with van der Waals surface area (Å²) in [4.78, 5) is 11.7. The van der Waals surface area contributed by atoms with Crippen LogP contribution in [0.3, 0.4) is 0 Å². The molecule has 0 radical (unpaired) electrons. The molecule has 0 N–H and O–H groups in total. The molecule has 2 fully saturated rings. The van der Waals surface area contributed by atoms with Gasteiger partial charge in [-0.2, -0.15) is 16.8 Å². The molecule has 0 aromatic heterocycles. The van der Waals surface area contributed by atoms with Crippen molar-refractivity contribution in [2.24, 2.45) is 0 Å². The number of nitrogens with zero attached hydrogens (tertiary/aromatic N) is 3. The van der Waals surface area contributed by atoms with Gasteiger partial charge in [0.1, 0.15) is 16.4 Å². The van der Waals surface area contributed by atoms with E-state index in [1.54, 1.807) is 11.8 Å². The second-order valence-corrected chi connectivity index (χ2v) is 11.2. The number of sulfonamides is 1. The minimum atomic E-state index is -4.64. The van der Waals surface area contributed by atoms with E-state index in [2.05, 4.69) is 0 Å². The highest BCUT2D eigenvalue weighted by molar-refractivity contribution is 7.89. The predicted octanol–water partition coefficient (Wildman–Crippen LogP) is 2.97. The molecule has 2 aromatic carbocycles. The fourth-order valence-corrected chi connectivity index (χ4v) is 6.83. The molecular weight excluding hydrogens is 537 g/mol. The Kier molecular flexibility index (Phi) is 6.54. The van der Waals surface area contributed by atoms with E-state index in [4.69, 9.17) is 36.3 Å². The van der Waals surface area contributed by atoms with Crippen molar-refractivity contribution >= 4 is 49.3 Å². The monoisotopic (exact) mass is 553 g/mol. The van der Waals surface area contributed by atoms with Gasteiger partial charge in [-0.05, 0) is 30.8 Å². The van der Waals surface area contributed by atoms with Crippen LogP contribution in [-0.2, 0) is 28.8 Å². The first-order valence-corrected chi connectivity index (χ1v) is 13.2. The number of rotatable bonds is 6. The molecule has 2 saturated heterocycles. The van der Waals surface area contributed by atoms with E-state index in [9.17, 15) is 26.9 Å². The van der Waals surface area contributed by atoms with Crippen LogP contribution in [0.15, 0.2) is 41.3 Å². The zero-order valence-electron chi connectivity index (χ0n) is 17.4. The van der Waals surface area contributed by atoms with Gasteiger partial charge in [0.2, 0.25) is 0 Å². The van der Waals surface area contributed by atoms with Gasteiger partial charge < -0.3 is 4.74 Å². The van der Waals surface area contributed by atoms with Crippen molar-refractivity contribution in [2.45, 2.75) is 17.7 Å². The van der Waals surface area contributed by atoms with Crippen LogP contribution in [0.2, 0.25) is 10.0 Å². The largest absolute Gasteiger partial charge is 0.456 e. The predicted molar refractivity (Wildman–Crippen MR) is 119 cm³/mol. The molecule has 1 spiro atoms. The molecule has 0 aliphatic carbocycles. The zero-order valence-corrected chi connectivity index (χ0v) is 20.5. The Hall–Kier alpha value is -2.04. The van der Waals surface area contributed by atoms with E-state index in [1.807, 2.05) is 0 Å². The molecule has 0 atom stereocenters. The summed E-state index contributed by atoms with van der Waals surface area (Å²) in [6.07, 6.45) is 0. The summed E-state index contributed by atoms with van der Waals surface area (Å²) < 4.78 is 67.0. The second kappa shape index (κ2) is 8.87. The zero-order chi connectivity index (χ0) is 24.9. The van der Waals surface area contributed by atoms with Gasteiger partial charge in [-0.3, -0.25) is 15.0 Å². The van der Waals surface area contributed by atoms with Crippen LogP contribution in [-0.4, -0.2) is 63.1 Å². The lowest BCUT2D eigenvalue weighted by atomic mass is 10.3. The summed E-state index contributed by atoms with van der Waals surface area (Å²) in [5.74, 6) is -2.35. The molecule has 184 valence electrons. The maximum atomic E-state index is 13.7. The number of hydrogen-bond donors (Lipinski definition) is 0. The van der Waals surface area contributed by atoms with Gasteiger partial charge in [0, 0.05) is 35.3 Å². The molecular formula is C18H17Cl2N3O9S2. The number of non-ortho nitro benzene ring substituents is 1. The minimum Gasteiger partial charge on any atom is -0.456 e. The SMILES string of the molecule is CCN1CCN(S(=O)(=O)c2cc([N+](=O)[O-])ccc2Oc2cc(Cl)cc(Cl)c2)C2(C1)OS(=O)(=O)O2. The molecule has 0 amide bonds. The fraction of sp³-hybridized carbons (Fsp3) is 0.333. The Balaban J connectivity index is 1.81. The Morgan fingerprint density at radius 1 is 1.15 bits per heavy atom. The van der Waals surface area contributed by atoms with Gasteiger partial charge in [0.05, 0.1) is 11.5 Å². The van der Waals surface area contributed by atoms with E-state index in [-0.39, 0.29) is 41.2 Å². The Morgan fingerprint density at radius 2 is 1.79 bits per heavy atom. The summed E-state index contributed by atoms with van der Waals surface area (Å²) in [6.45, 7) is 2.10. The average Bonchev–Trinajstić information content (AvgIpc) is 2.71. The van der Waals surface area contributed by atoms with E-state index >= 15 is 0 Å². The topological polar surface area (TPSA) is 146 Å². The average molecular weight is 554 g/mol. The van der Waals surface area contributed by atoms with Crippen molar-refractivity contribution < 1.29 is 34.9 Å². The lowest BCUT2D eigenvalue weighted by Crippen LogP contribution is -2.72. The number of piperazine rings is 1. The third-order valence-corrected chi connectivity index (χ3v) is 8.39. The lowest BCUT2D eigenvalue weighted by Gasteiger charge is -2.50. The van der Waals surface area contributed by atoms with E-state index in [1.165, 1.54) is 18.2 Å². The van der Waals surface area contributed by atoms with Crippen molar-refractivity contribution in [3.63, 3.8) is 0 Å². The normalized spacial score (nSPS) is 20.1. The summed E-state index contributed by atoms with van der Waals surface area (Å²) in [6, 6.07) is 7.16. The quantitative estimate of drug-likeness (QED) is 0.386. The Labute approximate surface area is 205 Å². The van der Waals surface area contributed by atoms with E-state index in [0.29, 0.717) is 10.8 Å². The van der Waals surface area contributed by atoms with E-state index in [0.717, 1.165) is 18.2 Å². The number of nitro benzene ring substituents is 1. The van der Waals surface area contributed by atoms with Crippen LogP contribution in [0.1, 0.15) is 6.92 Å². The molecule has 2 aromatic rings. The van der Waals surface area contributed by atoms with Gasteiger partial charge in [-0.1, -0.05) is 30.1 Å². The van der Waals surface area contributed by atoms with Crippen LogP contribution < -0.4 is 4.74 Å². The van der Waals surface area contributed by atoms with Crippen molar-refractivity contribution in [1.29, 1.82) is 0 Å². The molecule has 12 nitrogen and oxygen atoms in total. The number of benzene rings is 2. The number of nitro groups is 1. The smallest absolute Gasteiger partial charge is 0.407 e. The molecule has 0 unspecified atom stereocenters. The maximum absolute atomic E-state index is 13.7. The highest BCUT2D eigenvalue weighted by Gasteiger charge is 2.63. The van der Waals surface area contributed by atoms with Gasteiger partial charge in [-0.25, -0.2) is 8.42 Å². The number of halogens is 2. The molecule has 16 heteroatoms. The van der Waals surface area contributed by atoms with Crippen molar-refractivity contribution in [3.05, 3.63) is 56.6 Å². The van der Waals surface area contributed by atoms with Crippen LogP contribution in [0, 0.1) is 10.1 Å². The van der Waals surface area contributed by atoms with Gasteiger partial charge in [-0.15, -0.1) is 4.31 Å². The highest BCUT2D eigenvalue weighted by atomic mass is 35.5. The fourth-order valence-electron chi connectivity index (χ4n) is 3.61. The standard InChI is InChI=1S/C18H17Cl2N3O9S2/c1-2-21-5-6-22(18(11-21)31-34(28,29)32-18)33(26,27)17-10-14(23(24)25)3-4-16(17)30-15-8-12(19)7-13(20)9-15/h3-4,7-10H,2,5-6,11H2,1H3. The Morgan fingerprint density at radius 3 is 2.35 bits per heavy atom. The number of likely N-dealkylation sites (N-methyl/N-ethyl adjacent to an activating group) is 1. The molecule has 0 bridgehead atoms. The van der Waals surface area contributed by atoms with Crippen LogP contribution in [0.5, 0.6) is 11.5 Å². The summed E-state index contributed by atoms with van der Waals surface area (Å²) in [5, 5.41) is 11.8. The van der Waals surface area contributed by atoms with Crippen molar-refractivity contribution in [2.75, 3.05) is 26.2 Å². The van der Waals surface area contributed by atoms with Crippen LogP contribution in [0.25, 0.3) is 0 Å². The van der Waals surface area contributed by atoms with Crippen molar-refractivity contribution in [3.8, 4) is 11.5 Å². The molecule has 34 heavy (non-hydrogen) atoms. The molecule has 2 heterocycles. The summed E-state index contributed by atoms with van der Waals surface area (Å²) in [5.41, 5.74) is -0.528. The number of hydrogen-bond acceptors (Lipinski definition) is 10. The summed E-state index contributed by atoms with van der Waals surface area (Å²) in [7, 11) is -9.03. The highest BCUT2D eigenvalue weighted by Crippen LogP contribution is 2.43. The van der Waals surface area contributed by atoms with Gasteiger partial charge in [0.25, 0.3) is 21.6 Å². The Bertz CT molecular complexity index is 1340. The second-order valence-electron chi connectivity index (χ2n) is 7.33. The minimum absolute atomic E-state index is 0.0760. The van der Waals surface area contributed by atoms with Gasteiger partial charge >= 0.3 is 10.4 Å². The third-order valence-electron chi connectivity index (χ3n) is 5.10.